The number of nitrogens with one attached hydrogen (secondary N) is 1. The number of nitrogens with two attached hydrogens (primary N) is 1. The van der Waals surface area contributed by atoms with Crippen LogP contribution in [0.25, 0.3) is 0 Å². The summed E-state index contributed by atoms with van der Waals surface area (Å²) >= 11 is 0. The van der Waals surface area contributed by atoms with Gasteiger partial charge in [0.05, 0.1) is 12.1 Å². The molecule has 2 atom stereocenters. The van der Waals surface area contributed by atoms with E-state index in [0.717, 1.165) is 49.0 Å². The molecule has 0 bridgehead atoms. The zero-order valence-corrected chi connectivity index (χ0v) is 20.7. The van der Waals surface area contributed by atoms with Crippen molar-refractivity contribution in [1.29, 1.82) is 0 Å². The van der Waals surface area contributed by atoms with Crippen LogP contribution in [0, 0.1) is 13.8 Å². The molecule has 5 nitrogen and oxygen atoms in total. The van der Waals surface area contributed by atoms with Gasteiger partial charge in [0, 0.05) is 18.8 Å². The number of aromatic hydroxyl groups is 1. The van der Waals surface area contributed by atoms with Gasteiger partial charge in [-0.05, 0) is 97.0 Å². The highest BCUT2D eigenvalue weighted by Crippen LogP contribution is 2.41. The molecule has 0 fully saturated rings. The molecule has 35 heavy (non-hydrogen) atoms. The molecule has 0 radical (unpaired) electrons. The molecule has 2 heterocycles. The average molecular weight is 470 g/mol. The summed E-state index contributed by atoms with van der Waals surface area (Å²) in [6.45, 7) is 5.94. The van der Waals surface area contributed by atoms with Crippen LogP contribution in [0.15, 0.2) is 54.6 Å². The second-order valence-corrected chi connectivity index (χ2v) is 10.2. The number of benzene rings is 3. The van der Waals surface area contributed by atoms with Crippen molar-refractivity contribution < 1.29 is 9.90 Å². The molecular formula is C30H35N3O2. The molecular weight excluding hydrogens is 434 g/mol. The molecule has 0 spiro atoms. The number of phenolic OH excluding ortho intramolecular Hbond substituents is 1. The van der Waals surface area contributed by atoms with E-state index >= 15 is 0 Å². The van der Waals surface area contributed by atoms with Gasteiger partial charge in [-0.15, -0.1) is 0 Å². The second-order valence-electron chi connectivity index (χ2n) is 10.2. The molecule has 2 aliphatic heterocycles. The number of phenols is 1. The third kappa shape index (κ3) is 4.92. The van der Waals surface area contributed by atoms with Crippen molar-refractivity contribution in [2.24, 2.45) is 5.73 Å². The monoisotopic (exact) mass is 469 g/mol. The molecule has 182 valence electrons. The molecule has 0 saturated carbocycles. The fourth-order valence-corrected chi connectivity index (χ4v) is 5.83. The maximum atomic E-state index is 13.2. The number of hydrogen-bond acceptors (Lipinski definition) is 4. The first kappa shape index (κ1) is 23.4. The normalized spacial score (nSPS) is 17.6. The van der Waals surface area contributed by atoms with Crippen LogP contribution < -0.4 is 16.0 Å². The Morgan fingerprint density at radius 2 is 1.83 bits per heavy atom. The van der Waals surface area contributed by atoms with Crippen LogP contribution in [0.4, 0.5) is 5.69 Å². The Labute approximate surface area is 208 Å². The van der Waals surface area contributed by atoms with Gasteiger partial charge in [0.2, 0.25) is 5.91 Å². The van der Waals surface area contributed by atoms with Crippen molar-refractivity contribution in [2.45, 2.75) is 58.0 Å². The van der Waals surface area contributed by atoms with Crippen molar-refractivity contribution in [3.63, 3.8) is 0 Å². The van der Waals surface area contributed by atoms with Gasteiger partial charge in [0.15, 0.2) is 0 Å². The molecule has 5 heteroatoms. The quantitative estimate of drug-likeness (QED) is 0.497. The van der Waals surface area contributed by atoms with Gasteiger partial charge in [-0.3, -0.25) is 4.79 Å². The van der Waals surface area contributed by atoms with E-state index in [9.17, 15) is 9.90 Å². The van der Waals surface area contributed by atoms with Crippen LogP contribution in [-0.4, -0.2) is 30.1 Å². The third-order valence-corrected chi connectivity index (χ3v) is 7.54. The highest BCUT2D eigenvalue weighted by Gasteiger charge is 2.32. The second kappa shape index (κ2) is 9.74. The first-order valence-corrected chi connectivity index (χ1v) is 12.7. The van der Waals surface area contributed by atoms with E-state index < -0.39 is 6.04 Å². The molecule has 2 unspecified atom stereocenters. The van der Waals surface area contributed by atoms with Crippen LogP contribution >= 0.6 is 0 Å². The molecule has 0 aliphatic carbocycles. The molecule has 3 aromatic rings. The van der Waals surface area contributed by atoms with E-state index in [4.69, 9.17) is 5.73 Å². The number of amides is 1. The summed E-state index contributed by atoms with van der Waals surface area (Å²) in [5, 5.41) is 13.1. The topological polar surface area (TPSA) is 78.6 Å². The van der Waals surface area contributed by atoms with Gasteiger partial charge >= 0.3 is 0 Å². The van der Waals surface area contributed by atoms with E-state index in [1.165, 1.54) is 34.4 Å². The Morgan fingerprint density at radius 1 is 1.09 bits per heavy atom. The predicted molar refractivity (Wildman–Crippen MR) is 141 cm³/mol. The summed E-state index contributed by atoms with van der Waals surface area (Å²) in [6.07, 6.45) is 4.49. The van der Waals surface area contributed by atoms with Crippen molar-refractivity contribution in [3.05, 3.63) is 93.5 Å². The van der Waals surface area contributed by atoms with E-state index in [1.807, 2.05) is 19.9 Å². The van der Waals surface area contributed by atoms with Crippen LogP contribution in [-0.2, 0) is 24.1 Å². The van der Waals surface area contributed by atoms with Gasteiger partial charge in [0.25, 0.3) is 0 Å². The zero-order chi connectivity index (χ0) is 24.5. The van der Waals surface area contributed by atoms with Gasteiger partial charge in [-0.1, -0.05) is 42.5 Å². The van der Waals surface area contributed by atoms with Gasteiger partial charge in [-0.25, -0.2) is 0 Å². The lowest BCUT2D eigenvalue weighted by molar-refractivity contribution is -0.123. The minimum absolute atomic E-state index is 0.0330. The van der Waals surface area contributed by atoms with Crippen molar-refractivity contribution in [1.82, 2.24) is 5.32 Å². The summed E-state index contributed by atoms with van der Waals surface area (Å²) in [5.74, 6) is 0.127. The van der Waals surface area contributed by atoms with Crippen LogP contribution in [0.2, 0.25) is 0 Å². The van der Waals surface area contributed by atoms with Gasteiger partial charge < -0.3 is 21.1 Å². The predicted octanol–water partition coefficient (Wildman–Crippen LogP) is 4.48. The molecule has 0 aromatic heterocycles. The van der Waals surface area contributed by atoms with Crippen LogP contribution in [0.1, 0.15) is 57.8 Å². The number of hydrogen-bond donors (Lipinski definition) is 3. The number of rotatable bonds is 6. The highest BCUT2D eigenvalue weighted by molar-refractivity contribution is 5.83. The number of anilines is 1. The minimum Gasteiger partial charge on any atom is -0.508 e. The lowest BCUT2D eigenvalue weighted by Crippen LogP contribution is -2.46. The van der Waals surface area contributed by atoms with E-state index in [1.54, 1.807) is 12.1 Å². The Hall–Kier alpha value is -3.31. The lowest BCUT2D eigenvalue weighted by Gasteiger charge is -2.41. The maximum absolute atomic E-state index is 13.2. The fraction of sp³-hybridized carbons (Fsp3) is 0.367. The first-order valence-electron chi connectivity index (χ1n) is 12.7. The molecule has 4 N–H and O–H groups in total. The van der Waals surface area contributed by atoms with Gasteiger partial charge in [0.1, 0.15) is 5.75 Å². The Morgan fingerprint density at radius 3 is 2.57 bits per heavy atom. The van der Waals surface area contributed by atoms with E-state index in [0.29, 0.717) is 6.42 Å². The van der Waals surface area contributed by atoms with Gasteiger partial charge in [-0.2, -0.15) is 0 Å². The van der Waals surface area contributed by atoms with Crippen LogP contribution in [0.3, 0.4) is 0 Å². The van der Waals surface area contributed by atoms with Crippen molar-refractivity contribution >= 4 is 11.6 Å². The molecule has 5 rings (SSSR count). The first-order chi connectivity index (χ1) is 16.9. The number of nitrogens with zero attached hydrogens (tertiary/aromatic N) is 1. The molecule has 1 amide bonds. The smallest absolute Gasteiger partial charge is 0.237 e. The molecule has 3 aromatic carbocycles. The third-order valence-electron chi connectivity index (χ3n) is 7.54. The Bertz CT molecular complexity index is 1210. The van der Waals surface area contributed by atoms with E-state index in [2.05, 4.69) is 46.6 Å². The van der Waals surface area contributed by atoms with Crippen molar-refractivity contribution in [2.75, 3.05) is 18.0 Å². The molecule has 0 saturated heterocycles. The fourth-order valence-electron chi connectivity index (χ4n) is 5.83. The maximum Gasteiger partial charge on any atom is 0.237 e. The summed E-state index contributed by atoms with van der Waals surface area (Å²) in [5.41, 5.74) is 15.9. The standard InChI is InChI=1S/C30H35N3O2/c1-19-13-24(34)14-20(2)25(19)18-27(31)30(35)32-28-10-12-33-11-6-9-23-16-22(17-26(28)29(23)33)15-21-7-4-3-5-8-21/h3-5,7-8,13-14,16-17,27-28,34H,6,9-12,15,18,31H2,1-2H3,(H,32,35). The number of carbonyl (C=O) groups excluding carboxylic acids is 1. The number of aryl methyl sites for hydroxylation is 3. The largest absolute Gasteiger partial charge is 0.508 e. The lowest BCUT2D eigenvalue weighted by atomic mass is 9.86. The Balaban J connectivity index is 1.38. The SMILES string of the molecule is Cc1cc(O)cc(C)c1CC(N)C(=O)NC1CCN2CCCc3cc(Cc4ccccc4)cc1c32. The van der Waals surface area contributed by atoms with E-state index in [-0.39, 0.29) is 17.7 Å². The summed E-state index contributed by atoms with van der Waals surface area (Å²) in [6, 6.07) is 18.0. The summed E-state index contributed by atoms with van der Waals surface area (Å²) in [4.78, 5) is 15.7. The minimum atomic E-state index is -0.640. The molecule has 2 aliphatic rings. The summed E-state index contributed by atoms with van der Waals surface area (Å²) in [7, 11) is 0. The number of carbonyl (C=O) groups is 1. The summed E-state index contributed by atoms with van der Waals surface area (Å²) < 4.78 is 0. The zero-order valence-electron chi connectivity index (χ0n) is 20.7. The van der Waals surface area contributed by atoms with Crippen molar-refractivity contribution in [3.8, 4) is 5.75 Å². The average Bonchev–Trinajstić information content (AvgIpc) is 2.83. The van der Waals surface area contributed by atoms with Crippen LogP contribution in [0.5, 0.6) is 5.75 Å². The Kier molecular flexibility index (Phi) is 6.52. The highest BCUT2D eigenvalue weighted by atomic mass is 16.3.